The van der Waals surface area contributed by atoms with Crippen LogP contribution in [0.25, 0.3) is 16.9 Å². The van der Waals surface area contributed by atoms with Gasteiger partial charge in [0, 0.05) is 30.1 Å². The molecule has 8 heteroatoms. The molecule has 0 saturated heterocycles. The maximum atomic E-state index is 12.4. The van der Waals surface area contributed by atoms with E-state index in [9.17, 15) is 14.7 Å². The molecule has 208 valence electrons. The van der Waals surface area contributed by atoms with Crippen molar-refractivity contribution in [2.75, 3.05) is 0 Å². The molecule has 0 aliphatic rings. The van der Waals surface area contributed by atoms with Gasteiger partial charge in [0.2, 0.25) is 11.8 Å². The van der Waals surface area contributed by atoms with E-state index in [0.29, 0.717) is 6.42 Å². The lowest BCUT2D eigenvalue weighted by Gasteiger charge is -2.19. The summed E-state index contributed by atoms with van der Waals surface area (Å²) >= 11 is 0. The number of aromatic nitrogens is 3. The molecular formula is C32H37N5O3. The van der Waals surface area contributed by atoms with Crippen LogP contribution in [0.15, 0.2) is 79.1 Å². The molecule has 4 aromatic rings. The highest BCUT2D eigenvalue weighted by atomic mass is 16.3. The largest absolute Gasteiger partial charge is 0.508 e. The first-order chi connectivity index (χ1) is 19.1. The van der Waals surface area contributed by atoms with Crippen molar-refractivity contribution in [3.05, 3.63) is 95.9 Å². The molecule has 0 radical (unpaired) electrons. The summed E-state index contributed by atoms with van der Waals surface area (Å²) in [4.78, 5) is 29.0. The zero-order valence-electron chi connectivity index (χ0n) is 23.3. The third kappa shape index (κ3) is 7.64. The summed E-state index contributed by atoms with van der Waals surface area (Å²) in [5.74, 6) is -0.698. The van der Waals surface area contributed by atoms with E-state index in [1.807, 2.05) is 16.8 Å². The van der Waals surface area contributed by atoms with E-state index in [1.165, 1.54) is 17.7 Å². The zero-order valence-corrected chi connectivity index (χ0v) is 23.3. The molecule has 0 saturated carbocycles. The molecule has 0 spiro atoms. The number of amides is 2. The predicted octanol–water partition coefficient (Wildman–Crippen LogP) is 4.86. The van der Waals surface area contributed by atoms with Crippen LogP contribution in [0.5, 0.6) is 5.75 Å². The fraction of sp³-hybridized carbons (Fsp3) is 0.312. The van der Waals surface area contributed by atoms with Crippen molar-refractivity contribution in [1.29, 1.82) is 0 Å². The Bertz CT molecular complexity index is 1420. The number of phenols is 1. The van der Waals surface area contributed by atoms with Crippen LogP contribution in [-0.4, -0.2) is 37.7 Å². The van der Waals surface area contributed by atoms with Crippen molar-refractivity contribution < 1.29 is 14.7 Å². The third-order valence-corrected chi connectivity index (χ3v) is 6.80. The second-order valence-electron chi connectivity index (χ2n) is 11.1. The second kappa shape index (κ2) is 12.7. The van der Waals surface area contributed by atoms with E-state index in [0.717, 1.165) is 41.0 Å². The van der Waals surface area contributed by atoms with Gasteiger partial charge >= 0.3 is 0 Å². The van der Waals surface area contributed by atoms with E-state index in [1.54, 1.807) is 24.5 Å². The smallest absolute Gasteiger partial charge is 0.243 e. The van der Waals surface area contributed by atoms with Gasteiger partial charge in [-0.05, 0) is 84.7 Å². The number of phenolic OH excluding ortho intramolecular Hbond substituents is 1. The predicted molar refractivity (Wildman–Crippen MR) is 156 cm³/mol. The number of unbranched alkanes of at least 4 members (excludes halogenated alkanes) is 1. The molecule has 40 heavy (non-hydrogen) atoms. The first-order valence-corrected chi connectivity index (χ1v) is 13.6. The highest BCUT2D eigenvalue weighted by Crippen LogP contribution is 2.26. The molecule has 2 amide bonds. The lowest BCUT2D eigenvalue weighted by molar-refractivity contribution is -0.131. The fourth-order valence-corrected chi connectivity index (χ4v) is 4.44. The monoisotopic (exact) mass is 539 g/mol. The van der Waals surface area contributed by atoms with Crippen molar-refractivity contribution in [2.24, 2.45) is 5.73 Å². The number of nitrogens with two attached hydrogens (primary N) is 1. The highest BCUT2D eigenvalue weighted by Gasteiger charge is 2.18. The van der Waals surface area contributed by atoms with Crippen LogP contribution < -0.4 is 11.1 Å². The molecule has 4 rings (SSSR count). The highest BCUT2D eigenvalue weighted by molar-refractivity contribution is 5.97. The van der Waals surface area contributed by atoms with Crippen molar-refractivity contribution in [3.8, 4) is 22.7 Å². The van der Waals surface area contributed by atoms with Gasteiger partial charge < -0.3 is 10.8 Å². The normalized spacial score (nSPS) is 12.2. The number of rotatable bonds is 10. The lowest BCUT2D eigenvalue weighted by atomic mass is 9.87. The minimum Gasteiger partial charge on any atom is -0.508 e. The Hall–Kier alpha value is -4.30. The van der Waals surface area contributed by atoms with Gasteiger partial charge in [-0.25, -0.2) is 4.68 Å². The van der Waals surface area contributed by atoms with Crippen molar-refractivity contribution in [3.63, 3.8) is 0 Å². The van der Waals surface area contributed by atoms with Gasteiger partial charge in [0.05, 0.1) is 17.4 Å². The van der Waals surface area contributed by atoms with E-state index < -0.39 is 11.9 Å². The summed E-state index contributed by atoms with van der Waals surface area (Å²) in [5, 5.41) is 16.7. The number of aromatic hydroxyl groups is 1. The van der Waals surface area contributed by atoms with Crippen LogP contribution in [-0.2, 0) is 27.8 Å². The molecule has 4 N–H and O–H groups in total. The van der Waals surface area contributed by atoms with E-state index >= 15 is 0 Å². The molecule has 0 aliphatic heterocycles. The number of hydrogen-bond acceptors (Lipinski definition) is 6. The number of pyridine rings is 1. The van der Waals surface area contributed by atoms with Crippen molar-refractivity contribution in [2.45, 2.75) is 64.3 Å². The molecule has 8 nitrogen and oxygen atoms in total. The number of carbonyl (C=O) groups is 2. The average Bonchev–Trinajstić information content (AvgIpc) is 3.36. The van der Waals surface area contributed by atoms with Crippen LogP contribution in [0.2, 0.25) is 0 Å². The van der Waals surface area contributed by atoms with Crippen LogP contribution >= 0.6 is 0 Å². The Balaban J connectivity index is 1.36. The number of hydrogen-bond donors (Lipinski definition) is 3. The summed E-state index contributed by atoms with van der Waals surface area (Å²) in [6.45, 7) is 6.57. The van der Waals surface area contributed by atoms with Gasteiger partial charge in [-0.2, -0.15) is 5.10 Å². The van der Waals surface area contributed by atoms with Gasteiger partial charge in [-0.1, -0.05) is 45.0 Å². The molecule has 2 heterocycles. The Morgan fingerprint density at radius 2 is 1.75 bits per heavy atom. The summed E-state index contributed by atoms with van der Waals surface area (Å²) in [7, 11) is 0. The maximum absolute atomic E-state index is 12.4. The fourth-order valence-electron chi connectivity index (χ4n) is 4.44. The summed E-state index contributed by atoms with van der Waals surface area (Å²) in [5.41, 5.74) is 11.9. The molecule has 2 aromatic carbocycles. The zero-order chi connectivity index (χ0) is 28.7. The first-order valence-electron chi connectivity index (χ1n) is 13.6. The average molecular weight is 540 g/mol. The van der Waals surface area contributed by atoms with Crippen molar-refractivity contribution >= 4 is 11.8 Å². The van der Waals surface area contributed by atoms with Gasteiger partial charge in [-0.15, -0.1) is 0 Å². The Labute approximate surface area is 235 Å². The molecule has 1 unspecified atom stereocenters. The number of nitrogens with one attached hydrogen (secondary N) is 1. The van der Waals surface area contributed by atoms with E-state index in [4.69, 9.17) is 10.8 Å². The summed E-state index contributed by atoms with van der Waals surface area (Å²) in [6, 6.07) is 20.0. The molecule has 1 atom stereocenters. The maximum Gasteiger partial charge on any atom is 0.243 e. The number of carbonyl (C=O) groups excluding carboxylic acids is 2. The van der Waals surface area contributed by atoms with Gasteiger partial charge in [0.15, 0.2) is 0 Å². The van der Waals surface area contributed by atoms with Crippen molar-refractivity contribution in [1.82, 2.24) is 20.1 Å². The molecule has 0 bridgehead atoms. The molecule has 2 aromatic heterocycles. The van der Waals surface area contributed by atoms with E-state index in [2.05, 4.69) is 61.4 Å². The van der Waals surface area contributed by atoms with Gasteiger partial charge in [0.1, 0.15) is 5.75 Å². The number of imide groups is 1. The number of nitrogens with zero attached hydrogens (tertiary/aromatic N) is 3. The first kappa shape index (κ1) is 28.7. The quantitative estimate of drug-likeness (QED) is 0.247. The van der Waals surface area contributed by atoms with Gasteiger partial charge in [0.25, 0.3) is 0 Å². The molecular weight excluding hydrogens is 502 g/mol. The van der Waals surface area contributed by atoms with Crippen LogP contribution in [0.1, 0.15) is 56.9 Å². The van der Waals surface area contributed by atoms with Gasteiger partial charge in [-0.3, -0.25) is 19.9 Å². The number of benzene rings is 2. The van der Waals surface area contributed by atoms with Crippen LogP contribution in [0.3, 0.4) is 0 Å². The van der Waals surface area contributed by atoms with Crippen LogP contribution in [0.4, 0.5) is 0 Å². The molecule has 0 aliphatic carbocycles. The second-order valence-corrected chi connectivity index (χ2v) is 11.1. The third-order valence-electron chi connectivity index (χ3n) is 6.80. The molecule has 0 fully saturated rings. The lowest BCUT2D eigenvalue weighted by Crippen LogP contribution is -2.44. The SMILES string of the molecule is CC(C)(C)c1ccc(-n2nc(-c3cccnc3)cc2CCCCC(=O)NC(=O)C(N)Cc2ccc(O)cc2)cc1. The van der Waals surface area contributed by atoms with E-state index in [-0.39, 0.29) is 29.9 Å². The summed E-state index contributed by atoms with van der Waals surface area (Å²) in [6.07, 6.45) is 6.12. The Morgan fingerprint density at radius 3 is 2.40 bits per heavy atom. The standard InChI is InChI=1S/C32H37N5O3/c1-32(2,3)24-12-14-25(15-13-24)37-26(20-29(36-37)23-7-6-18-34-21-23)8-4-5-9-30(39)35-31(40)28(33)19-22-10-16-27(38)17-11-22/h6-7,10-18,20-21,28,38H,4-5,8-9,19,33H2,1-3H3,(H,35,39,40). The van der Waals surface area contributed by atoms with Crippen LogP contribution in [0, 0.1) is 0 Å². The summed E-state index contributed by atoms with van der Waals surface area (Å²) < 4.78 is 1.96. The Kier molecular flexibility index (Phi) is 9.11. The number of aryl methyl sites for hydroxylation is 1. The topological polar surface area (TPSA) is 123 Å². The Morgan fingerprint density at radius 1 is 1.02 bits per heavy atom. The minimum atomic E-state index is -0.849. The minimum absolute atomic E-state index is 0.0593.